The lowest BCUT2D eigenvalue weighted by molar-refractivity contribution is 0.0221. The molecule has 2 atom stereocenters. The second-order valence-electron chi connectivity index (χ2n) is 9.68. The lowest BCUT2D eigenvalue weighted by Crippen LogP contribution is -2.22. The van der Waals surface area contributed by atoms with Crippen LogP contribution in [0, 0.1) is 0 Å². The van der Waals surface area contributed by atoms with Gasteiger partial charge in [0.15, 0.2) is 0 Å². The maximum absolute atomic E-state index is 12.5. The number of fused-ring (bicyclic) bond motifs is 2. The molecule has 5 rings (SSSR count). The monoisotopic (exact) mass is 612 g/mol. The SMILES string of the molecule is CC(COc1c2ccccc2c(OCC(C)OC(=O)c2ccccc2)c2cc(Br)ccc12)OC(=O)c1ccccc1. The highest BCUT2D eigenvalue weighted by Gasteiger charge is 2.20. The Bertz CT molecular complexity index is 1670. The Kier molecular flexibility index (Phi) is 8.85. The van der Waals surface area contributed by atoms with Crippen LogP contribution in [0.2, 0.25) is 0 Å². The minimum atomic E-state index is -0.486. The summed E-state index contributed by atoms with van der Waals surface area (Å²) in [7, 11) is 0. The number of hydrogen-bond donors (Lipinski definition) is 0. The van der Waals surface area contributed by atoms with Crippen LogP contribution in [0.5, 0.6) is 11.5 Å². The van der Waals surface area contributed by atoms with E-state index in [0.29, 0.717) is 22.6 Å². The summed E-state index contributed by atoms with van der Waals surface area (Å²) < 4.78 is 24.8. The molecule has 0 radical (unpaired) electrons. The molecule has 0 aliphatic rings. The van der Waals surface area contributed by atoms with E-state index in [1.807, 2.05) is 54.6 Å². The van der Waals surface area contributed by atoms with Crippen molar-refractivity contribution in [1.29, 1.82) is 0 Å². The van der Waals surface area contributed by atoms with E-state index in [9.17, 15) is 9.59 Å². The van der Waals surface area contributed by atoms with Crippen molar-refractivity contribution in [3.63, 3.8) is 0 Å². The van der Waals surface area contributed by atoms with Crippen molar-refractivity contribution in [1.82, 2.24) is 0 Å². The van der Waals surface area contributed by atoms with Gasteiger partial charge in [-0.1, -0.05) is 76.6 Å². The van der Waals surface area contributed by atoms with E-state index < -0.39 is 24.1 Å². The van der Waals surface area contributed by atoms with E-state index in [1.165, 1.54) is 0 Å². The Hall–Kier alpha value is -4.36. The van der Waals surface area contributed by atoms with Gasteiger partial charge in [-0.2, -0.15) is 0 Å². The number of ether oxygens (including phenoxy) is 4. The Morgan fingerprint density at radius 2 is 1.00 bits per heavy atom. The zero-order valence-electron chi connectivity index (χ0n) is 22.7. The summed E-state index contributed by atoms with van der Waals surface area (Å²) in [6.45, 7) is 3.94. The molecule has 5 aromatic rings. The fraction of sp³-hybridized carbons (Fsp3) is 0.176. The molecule has 0 spiro atoms. The van der Waals surface area contributed by atoms with Crippen molar-refractivity contribution < 1.29 is 28.5 Å². The van der Waals surface area contributed by atoms with Crippen LogP contribution in [-0.4, -0.2) is 37.4 Å². The average molecular weight is 614 g/mol. The molecule has 0 saturated carbocycles. The summed E-state index contributed by atoms with van der Waals surface area (Å²) in [5, 5.41) is 3.39. The van der Waals surface area contributed by atoms with Crippen LogP contribution in [0.4, 0.5) is 0 Å². The topological polar surface area (TPSA) is 71.1 Å². The third-order valence-corrected chi connectivity index (χ3v) is 6.94. The predicted molar refractivity (Wildman–Crippen MR) is 163 cm³/mol. The average Bonchev–Trinajstić information content (AvgIpc) is 2.99. The number of carbonyl (C=O) groups is 2. The molecule has 0 heterocycles. The van der Waals surface area contributed by atoms with Gasteiger partial charge >= 0.3 is 11.9 Å². The van der Waals surface area contributed by atoms with Crippen molar-refractivity contribution in [3.8, 4) is 11.5 Å². The first kappa shape index (κ1) is 28.2. The molecule has 6 nitrogen and oxygen atoms in total. The van der Waals surface area contributed by atoms with Gasteiger partial charge in [0.1, 0.15) is 36.9 Å². The maximum Gasteiger partial charge on any atom is 0.338 e. The second kappa shape index (κ2) is 12.9. The largest absolute Gasteiger partial charge is 0.488 e. The summed E-state index contributed by atoms with van der Waals surface area (Å²) in [5.41, 5.74) is 0.981. The van der Waals surface area contributed by atoms with E-state index in [-0.39, 0.29) is 13.2 Å². The lowest BCUT2D eigenvalue weighted by atomic mass is 10.0. The summed E-state index contributed by atoms with van der Waals surface area (Å²) in [4.78, 5) is 25.0. The van der Waals surface area contributed by atoms with Crippen molar-refractivity contribution in [2.24, 2.45) is 0 Å². The summed E-state index contributed by atoms with van der Waals surface area (Å²) in [6.07, 6.45) is -0.970. The second-order valence-corrected chi connectivity index (χ2v) is 10.6. The summed E-state index contributed by atoms with van der Waals surface area (Å²) >= 11 is 3.58. The Morgan fingerprint density at radius 3 is 1.49 bits per heavy atom. The third kappa shape index (κ3) is 6.69. The molecule has 0 aliphatic carbocycles. The standard InChI is InChI=1S/C34H29BrO6/c1-22(40-33(36)24-11-5-3-6-12-24)20-38-31-27-15-9-10-16-28(27)32(30-19-26(35)17-18-29(30)31)39-21-23(2)41-34(37)25-13-7-4-8-14-25/h3-19,22-23H,20-21H2,1-2H3. The van der Waals surface area contributed by atoms with E-state index in [2.05, 4.69) is 15.9 Å². The molecule has 41 heavy (non-hydrogen) atoms. The number of halogens is 1. The van der Waals surface area contributed by atoms with Gasteiger partial charge in [0.2, 0.25) is 0 Å². The molecule has 0 N–H and O–H groups in total. The summed E-state index contributed by atoms with van der Waals surface area (Å²) in [5.74, 6) is 0.535. The molecule has 0 saturated heterocycles. The van der Waals surface area contributed by atoms with Gasteiger partial charge in [-0.05, 0) is 56.3 Å². The predicted octanol–water partition coefficient (Wildman–Crippen LogP) is 8.00. The molecule has 208 valence electrons. The van der Waals surface area contributed by atoms with Crippen molar-refractivity contribution in [3.05, 3.63) is 119 Å². The van der Waals surface area contributed by atoms with Gasteiger partial charge in [-0.15, -0.1) is 0 Å². The highest BCUT2D eigenvalue weighted by atomic mass is 79.9. The highest BCUT2D eigenvalue weighted by molar-refractivity contribution is 9.10. The molecule has 0 aliphatic heterocycles. The number of benzene rings is 5. The molecular formula is C34H29BrO6. The van der Waals surface area contributed by atoms with E-state index in [1.54, 1.807) is 62.4 Å². The van der Waals surface area contributed by atoms with E-state index in [4.69, 9.17) is 18.9 Å². The fourth-order valence-electron chi connectivity index (χ4n) is 4.50. The van der Waals surface area contributed by atoms with Crippen LogP contribution in [0.1, 0.15) is 34.6 Å². The first-order valence-electron chi connectivity index (χ1n) is 13.3. The summed E-state index contributed by atoms with van der Waals surface area (Å²) in [6, 6.07) is 31.5. The van der Waals surface area contributed by atoms with Crippen LogP contribution in [0.25, 0.3) is 21.5 Å². The van der Waals surface area contributed by atoms with Gasteiger partial charge < -0.3 is 18.9 Å². The molecule has 7 heteroatoms. The van der Waals surface area contributed by atoms with Gasteiger partial charge in [0.05, 0.1) is 11.1 Å². The van der Waals surface area contributed by atoms with Gasteiger partial charge in [0, 0.05) is 26.0 Å². The normalized spacial score (nSPS) is 12.5. The molecule has 5 aromatic carbocycles. The van der Waals surface area contributed by atoms with Crippen LogP contribution in [0.15, 0.2) is 108 Å². The number of esters is 2. The molecule has 0 aromatic heterocycles. The van der Waals surface area contributed by atoms with Crippen LogP contribution < -0.4 is 9.47 Å². The Labute approximate surface area is 246 Å². The zero-order chi connectivity index (χ0) is 28.8. The maximum atomic E-state index is 12.5. The fourth-order valence-corrected chi connectivity index (χ4v) is 4.86. The minimum Gasteiger partial charge on any atom is -0.488 e. The lowest BCUT2D eigenvalue weighted by Gasteiger charge is -2.21. The minimum absolute atomic E-state index is 0.164. The first-order valence-corrected chi connectivity index (χ1v) is 14.1. The van der Waals surface area contributed by atoms with E-state index >= 15 is 0 Å². The van der Waals surface area contributed by atoms with Crippen LogP contribution in [-0.2, 0) is 9.47 Å². The number of carbonyl (C=O) groups excluding carboxylic acids is 2. The van der Waals surface area contributed by atoms with E-state index in [0.717, 1.165) is 26.0 Å². The van der Waals surface area contributed by atoms with Crippen molar-refractivity contribution in [2.75, 3.05) is 13.2 Å². The first-order chi connectivity index (χ1) is 19.9. The molecule has 2 unspecified atom stereocenters. The molecule has 0 fully saturated rings. The van der Waals surface area contributed by atoms with Gasteiger partial charge in [0.25, 0.3) is 0 Å². The molecule has 0 bridgehead atoms. The molecular weight excluding hydrogens is 584 g/mol. The smallest absolute Gasteiger partial charge is 0.338 e. The van der Waals surface area contributed by atoms with Crippen molar-refractivity contribution >= 4 is 49.4 Å². The zero-order valence-corrected chi connectivity index (χ0v) is 24.3. The van der Waals surface area contributed by atoms with Gasteiger partial charge in [-0.3, -0.25) is 0 Å². The van der Waals surface area contributed by atoms with Crippen molar-refractivity contribution in [2.45, 2.75) is 26.1 Å². The van der Waals surface area contributed by atoms with Crippen LogP contribution in [0.3, 0.4) is 0 Å². The molecule has 0 amide bonds. The van der Waals surface area contributed by atoms with Gasteiger partial charge in [-0.25, -0.2) is 9.59 Å². The number of hydrogen-bond acceptors (Lipinski definition) is 6. The Balaban J connectivity index is 1.39. The van der Waals surface area contributed by atoms with Crippen LogP contribution >= 0.6 is 15.9 Å². The highest BCUT2D eigenvalue weighted by Crippen LogP contribution is 2.43. The Morgan fingerprint density at radius 1 is 0.585 bits per heavy atom. The quantitative estimate of drug-likeness (QED) is 0.117. The number of rotatable bonds is 10. The third-order valence-electron chi connectivity index (χ3n) is 6.45.